The van der Waals surface area contributed by atoms with Gasteiger partial charge in [0.15, 0.2) is 9.84 Å². The van der Waals surface area contributed by atoms with Crippen molar-refractivity contribution in [1.29, 1.82) is 0 Å². The van der Waals surface area contributed by atoms with Crippen LogP contribution in [0, 0.1) is 0 Å². The number of sulfone groups is 1. The van der Waals surface area contributed by atoms with Gasteiger partial charge in [0.25, 0.3) is 0 Å². The fraction of sp³-hybridized carbons (Fsp3) is 0.0244. The molecule has 0 N–H and O–H groups in total. The molecule has 44 heavy (non-hydrogen) atoms. The molecule has 2 nitrogen and oxygen atoms in total. The first-order valence-electron chi connectivity index (χ1n) is 14.8. The van der Waals surface area contributed by atoms with E-state index < -0.39 is 9.84 Å². The van der Waals surface area contributed by atoms with Crippen LogP contribution in [0.3, 0.4) is 0 Å². The number of fused-ring (bicyclic) bond motifs is 2. The van der Waals surface area contributed by atoms with Crippen LogP contribution >= 0.6 is 0 Å². The second-order valence-electron chi connectivity index (χ2n) is 11.8. The van der Waals surface area contributed by atoms with Gasteiger partial charge in [-0.05, 0) is 111 Å². The van der Waals surface area contributed by atoms with Crippen LogP contribution in [0.25, 0.3) is 86.9 Å². The number of hydrogen-bond acceptors (Lipinski definition) is 2. The number of hydrogen-bond donors (Lipinski definition) is 0. The normalized spacial score (nSPS) is 12.4. The van der Waals surface area contributed by atoms with Crippen molar-refractivity contribution in [1.82, 2.24) is 0 Å². The van der Waals surface area contributed by atoms with Crippen molar-refractivity contribution in [2.45, 2.75) is 4.90 Å². The standard InChI is InChI=1S/C41H26O2S/c1-44(42,43)33-21-19-26(20-22-33)25-11-13-27(14-12-25)32-23-31-18-17-30-6-3-9-35-34-8-2-5-28-15-16-29-7-4-10-36(40(29)38(28)34)37(24-32)41(31)39(30)35/h2-24H,1H3. The van der Waals surface area contributed by atoms with Crippen LogP contribution in [-0.2, 0) is 9.84 Å². The molecule has 3 heteroatoms. The average Bonchev–Trinajstić information content (AvgIpc) is 3.06. The van der Waals surface area contributed by atoms with E-state index in [4.69, 9.17) is 0 Å². The molecule has 0 amide bonds. The lowest BCUT2D eigenvalue weighted by molar-refractivity contribution is 0.602. The summed E-state index contributed by atoms with van der Waals surface area (Å²) < 4.78 is 23.8. The topological polar surface area (TPSA) is 34.1 Å². The molecule has 9 rings (SSSR count). The van der Waals surface area contributed by atoms with E-state index in [2.05, 4.69) is 115 Å². The van der Waals surface area contributed by atoms with Gasteiger partial charge >= 0.3 is 0 Å². The molecule has 0 unspecified atom stereocenters. The molecule has 0 spiro atoms. The Bertz CT molecular complexity index is 2700. The highest BCUT2D eigenvalue weighted by Crippen LogP contribution is 2.44. The average molecular weight is 583 g/mol. The highest BCUT2D eigenvalue weighted by Gasteiger charge is 2.16. The highest BCUT2D eigenvalue weighted by molar-refractivity contribution is 7.90. The molecule has 0 bridgehead atoms. The maximum absolute atomic E-state index is 11.9. The molecule has 0 heterocycles. The van der Waals surface area contributed by atoms with Gasteiger partial charge in [0.05, 0.1) is 4.90 Å². The zero-order valence-electron chi connectivity index (χ0n) is 24.0. The molecule has 0 saturated heterocycles. The summed E-state index contributed by atoms with van der Waals surface area (Å²) in [6, 6.07) is 49.5. The molecular formula is C41H26O2S. The number of benzene rings is 8. The van der Waals surface area contributed by atoms with Gasteiger partial charge in [-0.3, -0.25) is 0 Å². The molecule has 0 aliphatic heterocycles. The molecule has 0 radical (unpaired) electrons. The molecule has 208 valence electrons. The molecule has 0 saturated carbocycles. The lowest BCUT2D eigenvalue weighted by Gasteiger charge is -2.17. The first-order chi connectivity index (χ1) is 21.4. The summed E-state index contributed by atoms with van der Waals surface area (Å²) >= 11 is 0. The van der Waals surface area contributed by atoms with Gasteiger partial charge in [-0.15, -0.1) is 0 Å². The SMILES string of the molecule is CS(=O)(=O)c1ccc(-c2ccc(-c3cc4ccc5cccc6c7cccc8ccc9cccc(c(c3)c4c56)c9c87)cc2)cc1. The zero-order chi connectivity index (χ0) is 29.6. The zero-order valence-corrected chi connectivity index (χ0v) is 24.8. The van der Waals surface area contributed by atoms with Crippen molar-refractivity contribution < 1.29 is 8.42 Å². The molecule has 0 aliphatic carbocycles. The monoisotopic (exact) mass is 582 g/mol. The van der Waals surface area contributed by atoms with Crippen molar-refractivity contribution in [3.63, 3.8) is 0 Å². The third-order valence-corrected chi connectivity index (χ3v) is 10.4. The van der Waals surface area contributed by atoms with Crippen molar-refractivity contribution in [3.8, 4) is 22.3 Å². The van der Waals surface area contributed by atoms with Crippen LogP contribution in [0.15, 0.2) is 144 Å². The van der Waals surface area contributed by atoms with E-state index >= 15 is 0 Å². The van der Waals surface area contributed by atoms with Gasteiger partial charge in [-0.2, -0.15) is 0 Å². The van der Waals surface area contributed by atoms with Gasteiger partial charge in [-0.25, -0.2) is 8.42 Å². The number of rotatable bonds is 3. The van der Waals surface area contributed by atoms with E-state index in [1.54, 1.807) is 12.1 Å². The predicted molar refractivity (Wildman–Crippen MR) is 187 cm³/mol. The largest absolute Gasteiger partial charge is 0.224 e. The maximum Gasteiger partial charge on any atom is 0.175 e. The van der Waals surface area contributed by atoms with Crippen LogP contribution in [0.5, 0.6) is 0 Å². The van der Waals surface area contributed by atoms with Crippen LogP contribution in [0.2, 0.25) is 0 Å². The second kappa shape index (κ2) is 9.12. The third-order valence-electron chi connectivity index (χ3n) is 9.26. The van der Waals surface area contributed by atoms with Crippen molar-refractivity contribution in [2.24, 2.45) is 0 Å². The van der Waals surface area contributed by atoms with Crippen LogP contribution < -0.4 is 0 Å². The van der Waals surface area contributed by atoms with Crippen molar-refractivity contribution in [3.05, 3.63) is 140 Å². The summed E-state index contributed by atoms with van der Waals surface area (Å²) in [6.45, 7) is 0. The maximum atomic E-state index is 11.9. The fourth-order valence-electron chi connectivity index (χ4n) is 7.20. The van der Waals surface area contributed by atoms with E-state index in [1.165, 1.54) is 76.5 Å². The Kier molecular flexibility index (Phi) is 5.24. The minimum atomic E-state index is -3.23. The summed E-state index contributed by atoms with van der Waals surface area (Å²) in [5.41, 5.74) is 4.35. The predicted octanol–water partition coefficient (Wildman–Crippen LogP) is 10.8. The Morgan fingerprint density at radius 3 is 1.23 bits per heavy atom. The Labute approximate surface area is 255 Å². The first-order valence-corrected chi connectivity index (χ1v) is 16.7. The van der Waals surface area contributed by atoms with Crippen LogP contribution in [-0.4, -0.2) is 14.7 Å². The molecule has 0 aromatic heterocycles. The highest BCUT2D eigenvalue weighted by atomic mass is 32.2. The molecule has 9 aromatic rings. The van der Waals surface area contributed by atoms with Gasteiger partial charge in [0.2, 0.25) is 0 Å². The quantitative estimate of drug-likeness (QED) is 0.194. The van der Waals surface area contributed by atoms with Crippen molar-refractivity contribution in [2.75, 3.05) is 6.26 Å². The lowest BCUT2D eigenvalue weighted by atomic mass is 9.86. The summed E-state index contributed by atoms with van der Waals surface area (Å²) in [4.78, 5) is 0.332. The van der Waals surface area contributed by atoms with E-state index in [-0.39, 0.29) is 0 Å². The van der Waals surface area contributed by atoms with Crippen LogP contribution in [0.4, 0.5) is 0 Å². The van der Waals surface area contributed by atoms with Gasteiger partial charge < -0.3 is 0 Å². The molecule has 9 aromatic carbocycles. The van der Waals surface area contributed by atoms with Crippen LogP contribution in [0.1, 0.15) is 0 Å². The Balaban J connectivity index is 1.34. The molecule has 0 fully saturated rings. The molecule has 0 atom stereocenters. The summed E-state index contributed by atoms with van der Waals surface area (Å²) in [6.07, 6.45) is 1.24. The van der Waals surface area contributed by atoms with Crippen molar-refractivity contribution >= 4 is 74.5 Å². The van der Waals surface area contributed by atoms with Gasteiger partial charge in [0.1, 0.15) is 0 Å². The smallest absolute Gasteiger partial charge is 0.175 e. The summed E-state index contributed by atoms with van der Waals surface area (Å²) in [7, 11) is -3.23. The summed E-state index contributed by atoms with van der Waals surface area (Å²) in [5.74, 6) is 0. The van der Waals surface area contributed by atoms with E-state index in [1.807, 2.05) is 12.1 Å². The third kappa shape index (κ3) is 3.69. The summed E-state index contributed by atoms with van der Waals surface area (Å²) in [5, 5.41) is 15.3. The fourth-order valence-corrected chi connectivity index (χ4v) is 7.83. The minimum Gasteiger partial charge on any atom is -0.224 e. The second-order valence-corrected chi connectivity index (χ2v) is 13.9. The van der Waals surface area contributed by atoms with E-state index in [9.17, 15) is 8.42 Å². The first kappa shape index (κ1) is 25.3. The minimum absolute atomic E-state index is 0.332. The Morgan fingerprint density at radius 1 is 0.364 bits per heavy atom. The van der Waals surface area contributed by atoms with Gasteiger partial charge in [0, 0.05) is 6.26 Å². The lowest BCUT2D eigenvalue weighted by Crippen LogP contribution is -1.96. The Morgan fingerprint density at radius 2 is 0.750 bits per heavy atom. The molecule has 0 aliphatic rings. The van der Waals surface area contributed by atoms with E-state index in [0.29, 0.717) is 4.90 Å². The van der Waals surface area contributed by atoms with Gasteiger partial charge in [-0.1, -0.05) is 115 Å². The van der Waals surface area contributed by atoms with E-state index in [0.717, 1.165) is 16.7 Å². The Hall–Kier alpha value is -5.25. The molecular weight excluding hydrogens is 557 g/mol.